The number of furan rings is 1. The average Bonchev–Trinajstić information content (AvgIpc) is 2.64. The van der Waals surface area contributed by atoms with Crippen LogP contribution in [0.1, 0.15) is 44.6 Å². The van der Waals surface area contributed by atoms with E-state index in [0.717, 1.165) is 16.9 Å². The fourth-order valence-electron chi connectivity index (χ4n) is 0.893. The summed E-state index contributed by atoms with van der Waals surface area (Å²) in [5.41, 5.74) is 2.14. The molecular weight excluding hydrogens is 172 g/mol. The first kappa shape index (κ1) is 15.2. The summed E-state index contributed by atoms with van der Waals surface area (Å²) in [6.07, 6.45) is 5.16. The lowest BCUT2D eigenvalue weighted by Gasteiger charge is -1.88. The van der Waals surface area contributed by atoms with Crippen LogP contribution in [0.5, 0.6) is 0 Å². The van der Waals surface area contributed by atoms with E-state index in [2.05, 4.69) is 13.2 Å². The van der Waals surface area contributed by atoms with Gasteiger partial charge in [0.1, 0.15) is 5.76 Å². The molecule has 0 atom stereocenters. The molecule has 0 fully saturated rings. The SMILES string of the molecule is C=Cc1occ(C)c1C=C.CC.CC. The van der Waals surface area contributed by atoms with E-state index in [9.17, 15) is 0 Å². The highest BCUT2D eigenvalue weighted by Crippen LogP contribution is 2.17. The predicted octanol–water partition coefficient (Wildman–Crippen LogP) is 4.93. The molecule has 0 radical (unpaired) electrons. The van der Waals surface area contributed by atoms with Crippen LogP contribution in [-0.4, -0.2) is 0 Å². The summed E-state index contributed by atoms with van der Waals surface area (Å²) in [5, 5.41) is 0. The Morgan fingerprint density at radius 3 is 1.86 bits per heavy atom. The highest BCUT2D eigenvalue weighted by atomic mass is 16.3. The normalized spacial score (nSPS) is 7.50. The summed E-state index contributed by atoms with van der Waals surface area (Å²) < 4.78 is 5.15. The zero-order valence-corrected chi connectivity index (χ0v) is 10.1. The van der Waals surface area contributed by atoms with Gasteiger partial charge in [-0.05, 0) is 18.6 Å². The molecule has 0 bridgehead atoms. The monoisotopic (exact) mass is 194 g/mol. The lowest BCUT2D eigenvalue weighted by Crippen LogP contribution is -1.72. The standard InChI is InChI=1S/C9H10O.2C2H6/c1-4-8-7(3)6-10-9(8)5-2;2*1-2/h4-6H,1-2H2,3H3;2*1-2H3. The van der Waals surface area contributed by atoms with E-state index < -0.39 is 0 Å². The molecule has 0 aromatic carbocycles. The van der Waals surface area contributed by atoms with Gasteiger partial charge in [-0.3, -0.25) is 0 Å². The van der Waals surface area contributed by atoms with Crippen LogP contribution < -0.4 is 0 Å². The van der Waals surface area contributed by atoms with Gasteiger partial charge >= 0.3 is 0 Å². The van der Waals surface area contributed by atoms with Crippen molar-refractivity contribution in [3.05, 3.63) is 36.3 Å². The fraction of sp³-hybridized carbons (Fsp3) is 0.385. The van der Waals surface area contributed by atoms with Crippen molar-refractivity contribution in [2.24, 2.45) is 0 Å². The van der Waals surface area contributed by atoms with Gasteiger partial charge in [0.15, 0.2) is 0 Å². The minimum atomic E-state index is 0.799. The Bertz CT molecular complexity index is 256. The first-order chi connectivity index (χ1) is 6.79. The molecule has 0 amide bonds. The first-order valence-corrected chi connectivity index (χ1v) is 5.12. The topological polar surface area (TPSA) is 13.1 Å². The second kappa shape index (κ2) is 9.85. The Kier molecular flexibility index (Phi) is 10.7. The van der Waals surface area contributed by atoms with E-state index >= 15 is 0 Å². The van der Waals surface area contributed by atoms with Gasteiger partial charge in [-0.25, -0.2) is 0 Å². The number of hydrogen-bond acceptors (Lipinski definition) is 1. The Labute approximate surface area is 88.1 Å². The first-order valence-electron chi connectivity index (χ1n) is 5.12. The summed E-state index contributed by atoms with van der Waals surface area (Å²) in [4.78, 5) is 0. The van der Waals surface area contributed by atoms with Gasteiger partial charge in [0.25, 0.3) is 0 Å². The van der Waals surface area contributed by atoms with Crippen LogP contribution in [0, 0.1) is 6.92 Å². The molecule has 0 aliphatic rings. The fourth-order valence-corrected chi connectivity index (χ4v) is 0.893. The summed E-state index contributed by atoms with van der Waals surface area (Å²) in [6.45, 7) is 17.3. The zero-order valence-electron chi connectivity index (χ0n) is 10.1. The summed E-state index contributed by atoms with van der Waals surface area (Å²) in [5.74, 6) is 0.799. The molecular formula is C13H22O. The van der Waals surface area contributed by atoms with E-state index in [4.69, 9.17) is 4.42 Å². The van der Waals surface area contributed by atoms with Gasteiger partial charge < -0.3 is 4.42 Å². The number of rotatable bonds is 2. The smallest absolute Gasteiger partial charge is 0.133 e. The predicted molar refractivity (Wildman–Crippen MR) is 66.3 cm³/mol. The van der Waals surface area contributed by atoms with Gasteiger partial charge in [-0.2, -0.15) is 0 Å². The van der Waals surface area contributed by atoms with Crippen LogP contribution in [0.4, 0.5) is 0 Å². The summed E-state index contributed by atoms with van der Waals surface area (Å²) >= 11 is 0. The zero-order chi connectivity index (χ0) is 11.6. The lowest BCUT2D eigenvalue weighted by atomic mass is 10.1. The summed E-state index contributed by atoms with van der Waals surface area (Å²) in [6, 6.07) is 0. The molecule has 0 aliphatic carbocycles. The molecule has 80 valence electrons. The second-order valence-corrected chi connectivity index (χ2v) is 2.10. The number of hydrogen-bond donors (Lipinski definition) is 0. The molecule has 1 heteroatoms. The van der Waals surface area contributed by atoms with E-state index in [1.807, 2.05) is 34.6 Å². The maximum Gasteiger partial charge on any atom is 0.133 e. The average molecular weight is 194 g/mol. The Morgan fingerprint density at radius 2 is 1.57 bits per heavy atom. The molecule has 0 aliphatic heterocycles. The summed E-state index contributed by atoms with van der Waals surface area (Å²) in [7, 11) is 0. The Morgan fingerprint density at radius 1 is 1.07 bits per heavy atom. The van der Waals surface area contributed by atoms with Crippen molar-refractivity contribution in [3.63, 3.8) is 0 Å². The third-order valence-corrected chi connectivity index (χ3v) is 1.44. The van der Waals surface area contributed by atoms with Gasteiger partial charge in [0, 0.05) is 5.56 Å². The van der Waals surface area contributed by atoms with E-state index in [-0.39, 0.29) is 0 Å². The number of aryl methyl sites for hydroxylation is 1. The van der Waals surface area contributed by atoms with E-state index in [1.165, 1.54) is 0 Å². The van der Waals surface area contributed by atoms with E-state index in [1.54, 1.807) is 18.4 Å². The molecule has 1 nitrogen and oxygen atoms in total. The van der Waals surface area contributed by atoms with Crippen molar-refractivity contribution in [1.29, 1.82) is 0 Å². The lowest BCUT2D eigenvalue weighted by molar-refractivity contribution is 0.555. The quantitative estimate of drug-likeness (QED) is 0.650. The van der Waals surface area contributed by atoms with Crippen LogP contribution in [0.25, 0.3) is 12.2 Å². The third kappa shape index (κ3) is 4.13. The highest BCUT2D eigenvalue weighted by molar-refractivity contribution is 5.62. The molecule has 1 heterocycles. The van der Waals surface area contributed by atoms with Crippen molar-refractivity contribution >= 4 is 12.2 Å². The molecule has 1 aromatic heterocycles. The largest absolute Gasteiger partial charge is 0.464 e. The van der Waals surface area contributed by atoms with Crippen LogP contribution >= 0.6 is 0 Å². The van der Waals surface area contributed by atoms with Crippen LogP contribution in [0.15, 0.2) is 23.8 Å². The highest BCUT2D eigenvalue weighted by Gasteiger charge is 2.01. The van der Waals surface area contributed by atoms with E-state index in [0.29, 0.717) is 0 Å². The van der Waals surface area contributed by atoms with Crippen LogP contribution in [0.2, 0.25) is 0 Å². The van der Waals surface area contributed by atoms with Crippen molar-refractivity contribution in [3.8, 4) is 0 Å². The van der Waals surface area contributed by atoms with Gasteiger partial charge in [-0.15, -0.1) is 0 Å². The molecule has 1 rings (SSSR count). The van der Waals surface area contributed by atoms with Gasteiger partial charge in [0.05, 0.1) is 6.26 Å². The van der Waals surface area contributed by atoms with Crippen LogP contribution in [-0.2, 0) is 0 Å². The van der Waals surface area contributed by atoms with Crippen molar-refractivity contribution in [2.75, 3.05) is 0 Å². The van der Waals surface area contributed by atoms with Crippen LogP contribution in [0.3, 0.4) is 0 Å². The van der Waals surface area contributed by atoms with Gasteiger partial charge in [0.2, 0.25) is 0 Å². The molecule has 14 heavy (non-hydrogen) atoms. The minimum absolute atomic E-state index is 0.799. The molecule has 0 spiro atoms. The van der Waals surface area contributed by atoms with Crippen molar-refractivity contribution in [2.45, 2.75) is 34.6 Å². The Hall–Kier alpha value is -1.24. The maximum absolute atomic E-state index is 5.15. The van der Waals surface area contributed by atoms with Crippen molar-refractivity contribution < 1.29 is 4.42 Å². The van der Waals surface area contributed by atoms with Crippen molar-refractivity contribution in [1.82, 2.24) is 0 Å². The molecule has 0 saturated heterocycles. The molecule has 0 N–H and O–H groups in total. The van der Waals surface area contributed by atoms with Gasteiger partial charge in [-0.1, -0.05) is 46.9 Å². The molecule has 1 aromatic rings. The minimum Gasteiger partial charge on any atom is -0.464 e. The molecule has 0 unspecified atom stereocenters. The molecule has 0 saturated carbocycles. The third-order valence-electron chi connectivity index (χ3n) is 1.44. The Balaban J connectivity index is 0. The second-order valence-electron chi connectivity index (χ2n) is 2.10. The maximum atomic E-state index is 5.15.